The van der Waals surface area contributed by atoms with E-state index in [1.807, 2.05) is 25.1 Å². The predicted octanol–water partition coefficient (Wildman–Crippen LogP) is 4.58. The highest BCUT2D eigenvalue weighted by Gasteiger charge is 2.51. The first-order chi connectivity index (χ1) is 11.5. The summed E-state index contributed by atoms with van der Waals surface area (Å²) in [6.07, 6.45) is 7.85. The Hall–Kier alpha value is -1.22. The summed E-state index contributed by atoms with van der Waals surface area (Å²) in [6, 6.07) is 7.28. The molecule has 5 rings (SSSR count). The van der Waals surface area contributed by atoms with Gasteiger partial charge in [0, 0.05) is 10.6 Å². The number of ether oxygens (including phenoxy) is 1. The van der Waals surface area contributed by atoms with Gasteiger partial charge in [0.2, 0.25) is 0 Å². The van der Waals surface area contributed by atoms with Crippen LogP contribution in [0.1, 0.15) is 51.9 Å². The zero-order valence-electron chi connectivity index (χ0n) is 14.3. The first kappa shape index (κ1) is 16.3. The van der Waals surface area contributed by atoms with Crippen molar-refractivity contribution >= 4 is 17.5 Å². The Morgan fingerprint density at radius 1 is 1.25 bits per heavy atom. The molecule has 3 nitrogen and oxygen atoms in total. The summed E-state index contributed by atoms with van der Waals surface area (Å²) in [6.45, 7) is 1.99. The maximum atomic E-state index is 12.9. The van der Waals surface area contributed by atoms with Crippen LogP contribution in [0.5, 0.6) is 5.75 Å². The standard InChI is InChI=1S/C20H26ClNO2/c1-2-18(24-17-5-3-4-16(21)9-17)19(23)22-20-10-13-6-14(11-20)8-15(7-13)12-20/h3-5,9,13-15,18H,2,6-8,10-12H2,1H3,(H,22,23)/t13?,14?,15?,18-,20?/m1/s1. The van der Waals surface area contributed by atoms with Crippen LogP contribution in [0.3, 0.4) is 0 Å². The van der Waals surface area contributed by atoms with Crippen molar-refractivity contribution in [3.63, 3.8) is 0 Å². The SMILES string of the molecule is CC[C@@H](Oc1cccc(Cl)c1)C(=O)NC12CC3CC(CC(C3)C1)C2. The molecule has 0 saturated heterocycles. The quantitative estimate of drug-likeness (QED) is 0.846. The average molecular weight is 348 g/mol. The van der Waals surface area contributed by atoms with Crippen LogP contribution in [-0.4, -0.2) is 17.6 Å². The van der Waals surface area contributed by atoms with E-state index in [1.165, 1.54) is 38.5 Å². The monoisotopic (exact) mass is 347 g/mol. The van der Waals surface area contributed by atoms with Crippen LogP contribution in [-0.2, 0) is 4.79 Å². The number of benzene rings is 1. The summed E-state index contributed by atoms with van der Waals surface area (Å²) >= 11 is 6.02. The number of amides is 1. The van der Waals surface area contributed by atoms with E-state index in [9.17, 15) is 4.79 Å². The van der Waals surface area contributed by atoms with Crippen LogP contribution in [0.15, 0.2) is 24.3 Å². The Kier molecular flexibility index (Phi) is 4.24. The Labute approximate surface area is 149 Å². The number of halogens is 1. The van der Waals surface area contributed by atoms with Crippen molar-refractivity contribution in [3.8, 4) is 5.75 Å². The third kappa shape index (κ3) is 3.15. The zero-order valence-corrected chi connectivity index (χ0v) is 15.0. The number of hydrogen-bond donors (Lipinski definition) is 1. The Balaban J connectivity index is 1.44. The molecule has 1 aromatic carbocycles. The lowest BCUT2D eigenvalue weighted by atomic mass is 9.53. The van der Waals surface area contributed by atoms with Crippen molar-refractivity contribution in [2.45, 2.75) is 63.5 Å². The normalized spacial score (nSPS) is 34.8. The third-order valence-electron chi connectivity index (χ3n) is 6.16. The number of carbonyl (C=O) groups excluding carboxylic acids is 1. The smallest absolute Gasteiger partial charge is 0.261 e. The van der Waals surface area contributed by atoms with Crippen molar-refractivity contribution in [1.29, 1.82) is 0 Å². The summed E-state index contributed by atoms with van der Waals surface area (Å²) in [7, 11) is 0. The van der Waals surface area contributed by atoms with E-state index in [2.05, 4.69) is 5.32 Å². The van der Waals surface area contributed by atoms with Gasteiger partial charge in [0.15, 0.2) is 6.10 Å². The van der Waals surface area contributed by atoms with Gasteiger partial charge in [-0.05, 0) is 80.9 Å². The third-order valence-corrected chi connectivity index (χ3v) is 6.40. The predicted molar refractivity (Wildman–Crippen MR) is 95.2 cm³/mol. The minimum Gasteiger partial charge on any atom is -0.481 e. The molecule has 4 aliphatic carbocycles. The molecule has 4 fully saturated rings. The molecular weight excluding hydrogens is 322 g/mol. The van der Waals surface area contributed by atoms with E-state index in [1.54, 1.807) is 6.07 Å². The number of rotatable bonds is 5. The minimum absolute atomic E-state index is 0.0386. The Bertz CT molecular complexity index is 595. The fraction of sp³-hybridized carbons (Fsp3) is 0.650. The zero-order chi connectivity index (χ0) is 16.7. The van der Waals surface area contributed by atoms with Crippen LogP contribution < -0.4 is 10.1 Å². The average Bonchev–Trinajstić information content (AvgIpc) is 2.50. The van der Waals surface area contributed by atoms with E-state index in [4.69, 9.17) is 16.3 Å². The molecule has 130 valence electrons. The van der Waals surface area contributed by atoms with Crippen LogP contribution in [0.4, 0.5) is 0 Å². The second-order valence-electron chi connectivity index (χ2n) is 8.16. The summed E-state index contributed by atoms with van der Waals surface area (Å²) in [5.74, 6) is 3.18. The summed E-state index contributed by atoms with van der Waals surface area (Å²) in [5.41, 5.74) is 0.0386. The number of hydrogen-bond acceptors (Lipinski definition) is 2. The lowest BCUT2D eigenvalue weighted by Gasteiger charge is -2.57. The van der Waals surface area contributed by atoms with Gasteiger partial charge in [-0.2, -0.15) is 0 Å². The van der Waals surface area contributed by atoms with Crippen molar-refractivity contribution in [2.24, 2.45) is 17.8 Å². The van der Waals surface area contributed by atoms with Crippen molar-refractivity contribution < 1.29 is 9.53 Å². The molecule has 0 unspecified atom stereocenters. The van der Waals surface area contributed by atoms with Crippen molar-refractivity contribution in [3.05, 3.63) is 29.3 Å². The van der Waals surface area contributed by atoms with Gasteiger partial charge in [0.1, 0.15) is 5.75 Å². The molecule has 4 bridgehead atoms. The fourth-order valence-corrected chi connectivity index (χ4v) is 5.81. The van der Waals surface area contributed by atoms with Crippen molar-refractivity contribution in [2.75, 3.05) is 0 Å². The molecule has 1 atom stereocenters. The summed E-state index contributed by atoms with van der Waals surface area (Å²) < 4.78 is 5.92. The minimum atomic E-state index is -0.448. The molecule has 4 aliphatic rings. The highest BCUT2D eigenvalue weighted by molar-refractivity contribution is 6.30. The Morgan fingerprint density at radius 2 is 1.88 bits per heavy atom. The molecule has 1 aromatic rings. The molecule has 4 saturated carbocycles. The maximum Gasteiger partial charge on any atom is 0.261 e. The van der Waals surface area contributed by atoms with E-state index >= 15 is 0 Å². The van der Waals surface area contributed by atoms with Crippen LogP contribution in [0.25, 0.3) is 0 Å². The van der Waals surface area contributed by atoms with Crippen LogP contribution in [0, 0.1) is 17.8 Å². The van der Waals surface area contributed by atoms with E-state index in [-0.39, 0.29) is 11.4 Å². The maximum absolute atomic E-state index is 12.9. The molecule has 0 radical (unpaired) electrons. The van der Waals surface area contributed by atoms with Gasteiger partial charge in [-0.1, -0.05) is 24.6 Å². The second-order valence-corrected chi connectivity index (χ2v) is 8.60. The van der Waals surface area contributed by atoms with E-state index in [0.717, 1.165) is 17.8 Å². The lowest BCUT2D eigenvalue weighted by Crippen LogP contribution is -2.61. The largest absolute Gasteiger partial charge is 0.481 e. The van der Waals surface area contributed by atoms with Gasteiger partial charge in [-0.25, -0.2) is 0 Å². The van der Waals surface area contributed by atoms with Crippen LogP contribution in [0.2, 0.25) is 5.02 Å². The molecule has 1 amide bonds. The molecule has 0 aliphatic heterocycles. The number of carbonyl (C=O) groups is 1. The molecule has 1 N–H and O–H groups in total. The molecular formula is C20H26ClNO2. The first-order valence-corrected chi connectivity index (χ1v) is 9.67. The van der Waals surface area contributed by atoms with E-state index < -0.39 is 6.10 Å². The second kappa shape index (κ2) is 6.25. The molecule has 0 heterocycles. The molecule has 24 heavy (non-hydrogen) atoms. The van der Waals surface area contributed by atoms with Gasteiger partial charge in [-0.15, -0.1) is 0 Å². The van der Waals surface area contributed by atoms with Crippen molar-refractivity contribution in [1.82, 2.24) is 5.32 Å². The van der Waals surface area contributed by atoms with Crippen LogP contribution >= 0.6 is 11.6 Å². The summed E-state index contributed by atoms with van der Waals surface area (Å²) in [4.78, 5) is 12.9. The van der Waals surface area contributed by atoms with Gasteiger partial charge in [0.05, 0.1) is 0 Å². The molecule has 0 spiro atoms. The van der Waals surface area contributed by atoms with E-state index in [0.29, 0.717) is 17.2 Å². The topological polar surface area (TPSA) is 38.3 Å². The molecule has 0 aromatic heterocycles. The van der Waals surface area contributed by atoms with Gasteiger partial charge in [0.25, 0.3) is 5.91 Å². The van der Waals surface area contributed by atoms with Gasteiger partial charge >= 0.3 is 0 Å². The highest BCUT2D eigenvalue weighted by Crippen LogP contribution is 2.55. The lowest BCUT2D eigenvalue weighted by molar-refractivity contribution is -0.134. The van der Waals surface area contributed by atoms with Gasteiger partial charge < -0.3 is 10.1 Å². The first-order valence-electron chi connectivity index (χ1n) is 9.29. The highest BCUT2D eigenvalue weighted by atomic mass is 35.5. The fourth-order valence-electron chi connectivity index (χ4n) is 5.63. The number of nitrogens with one attached hydrogen (secondary N) is 1. The van der Waals surface area contributed by atoms with Gasteiger partial charge in [-0.3, -0.25) is 4.79 Å². The summed E-state index contributed by atoms with van der Waals surface area (Å²) in [5, 5.41) is 4.04. The Morgan fingerprint density at radius 3 is 2.42 bits per heavy atom. The molecule has 4 heteroatoms.